The number of alkyl halides is 4. The molecule has 0 spiro atoms. The number of hydrogen-bond acceptors (Lipinski definition) is 10. The lowest BCUT2D eigenvalue weighted by molar-refractivity contribution is -0.274. The van der Waals surface area contributed by atoms with E-state index in [0.29, 0.717) is 25.9 Å². The van der Waals surface area contributed by atoms with Crippen LogP contribution in [0.15, 0.2) is 30.9 Å². The van der Waals surface area contributed by atoms with Crippen molar-refractivity contribution in [2.75, 3.05) is 50.5 Å². The number of aromatic nitrogens is 3. The molecule has 7 rings (SSSR count). The number of rotatable bonds is 8. The highest BCUT2D eigenvalue weighted by molar-refractivity contribution is 7.22. The number of ether oxygens (including phenoxy) is 2. The summed E-state index contributed by atoms with van der Waals surface area (Å²) in [5.74, 6) is -3.16. The fourth-order valence-electron chi connectivity index (χ4n) is 7.36. The van der Waals surface area contributed by atoms with Crippen LogP contribution in [-0.4, -0.2) is 94.6 Å². The summed E-state index contributed by atoms with van der Waals surface area (Å²) < 4.78 is 98.2. The summed E-state index contributed by atoms with van der Waals surface area (Å²) in [6.45, 7) is 5.12. The molecule has 0 saturated carbocycles. The molecule has 1 amide bonds. The van der Waals surface area contributed by atoms with E-state index in [1.165, 1.54) is 6.08 Å². The van der Waals surface area contributed by atoms with Gasteiger partial charge in [-0.25, -0.2) is 18.2 Å². The van der Waals surface area contributed by atoms with E-state index in [9.17, 15) is 26.7 Å². The second kappa shape index (κ2) is 12.2. The molecule has 2 N–H and O–H groups in total. The van der Waals surface area contributed by atoms with Gasteiger partial charge in [-0.1, -0.05) is 17.9 Å². The second-order valence-corrected chi connectivity index (χ2v) is 13.6. The van der Waals surface area contributed by atoms with Crippen LogP contribution >= 0.6 is 11.3 Å². The number of hydrogen-bond donors (Lipinski definition) is 1. The van der Waals surface area contributed by atoms with Crippen LogP contribution in [-0.2, 0) is 4.79 Å². The van der Waals surface area contributed by atoms with Crippen LogP contribution < -0.4 is 20.1 Å². The van der Waals surface area contributed by atoms with Crippen molar-refractivity contribution in [2.24, 2.45) is 0 Å². The highest BCUT2D eigenvalue weighted by Gasteiger charge is 2.49. The van der Waals surface area contributed by atoms with E-state index in [-0.39, 0.29) is 76.2 Å². The zero-order valence-electron chi connectivity index (χ0n) is 26.2. The molecule has 260 valence electrons. The van der Waals surface area contributed by atoms with Crippen LogP contribution in [0, 0.1) is 11.6 Å². The van der Waals surface area contributed by atoms with Crippen molar-refractivity contribution in [1.82, 2.24) is 24.8 Å². The van der Waals surface area contributed by atoms with E-state index in [0.717, 1.165) is 36.0 Å². The van der Waals surface area contributed by atoms with Gasteiger partial charge in [-0.15, -0.1) is 13.2 Å². The summed E-state index contributed by atoms with van der Waals surface area (Å²) in [6, 6.07) is 2.41. The number of carbonyl (C=O) groups excluding carboxylic acids is 1. The summed E-state index contributed by atoms with van der Waals surface area (Å²) in [7, 11) is 1.62. The maximum absolute atomic E-state index is 17.0. The average Bonchev–Trinajstić information content (AvgIpc) is 3.83. The van der Waals surface area contributed by atoms with Crippen molar-refractivity contribution in [3.63, 3.8) is 0 Å². The molecule has 3 aliphatic heterocycles. The Morgan fingerprint density at radius 2 is 2.00 bits per heavy atom. The maximum atomic E-state index is 17.0. The topological polar surface area (TPSA) is 110 Å². The monoisotopic (exact) mass is 707 g/mol. The third kappa shape index (κ3) is 5.96. The lowest BCUT2D eigenvalue weighted by Gasteiger charge is -2.31. The fraction of sp³-hybridized carbons (Fsp3) is 0.438. The lowest BCUT2D eigenvalue weighted by Crippen LogP contribution is -2.43. The number of nitrogens with zero attached hydrogens (tertiary/aromatic N) is 6. The van der Waals surface area contributed by atoms with E-state index < -0.39 is 46.5 Å². The Morgan fingerprint density at radius 3 is 2.76 bits per heavy atom. The van der Waals surface area contributed by atoms with Crippen LogP contribution in [0.4, 0.5) is 37.3 Å². The Hall–Kier alpha value is -4.38. The zero-order chi connectivity index (χ0) is 34.8. The number of amides is 1. The Bertz CT molecular complexity index is 1980. The molecular formula is C32H31F6N7O3S. The molecule has 2 aromatic heterocycles. The molecule has 4 aromatic rings. The maximum Gasteiger partial charge on any atom is 0.573 e. The Labute approximate surface area is 280 Å². The molecule has 10 nitrogen and oxygen atoms in total. The Morgan fingerprint density at radius 1 is 1.20 bits per heavy atom. The van der Waals surface area contributed by atoms with Crippen molar-refractivity contribution in [1.29, 1.82) is 0 Å². The summed E-state index contributed by atoms with van der Waals surface area (Å²) >= 11 is 0.757. The number of thiazole rings is 1. The summed E-state index contributed by atoms with van der Waals surface area (Å²) in [6.07, 6.45) is -2.86. The predicted octanol–water partition coefficient (Wildman–Crippen LogP) is 5.84. The van der Waals surface area contributed by atoms with Gasteiger partial charge in [0.05, 0.1) is 21.3 Å². The molecule has 3 atom stereocenters. The first-order valence-corrected chi connectivity index (χ1v) is 16.4. The molecule has 49 heavy (non-hydrogen) atoms. The van der Waals surface area contributed by atoms with Crippen LogP contribution in [0.1, 0.15) is 25.7 Å². The molecule has 2 aromatic carbocycles. The standard InChI is InChI=1S/C32H31F6N7O3S/c1-3-22(46)44-10-7-17(14-44)43(2)28-19-11-21(48-32(36,37)38)23(18-5-6-20(34)27-26(18)40-29(39)49-27)24(35)25(19)41-30(42-28)47-15-31-8-4-9-45(31)13-16(33)12-31/h3,5-6,11,16-17H,1,4,7-10,12-15H2,2H3,(H2,39,40). The third-order valence-electron chi connectivity index (χ3n) is 9.62. The molecule has 3 unspecified atom stereocenters. The van der Waals surface area contributed by atoms with Gasteiger partial charge in [0.1, 0.15) is 35.7 Å². The first-order valence-electron chi connectivity index (χ1n) is 15.6. The first kappa shape index (κ1) is 33.1. The quantitative estimate of drug-likeness (QED) is 0.178. The number of nitrogen functional groups attached to an aromatic ring is 1. The number of carbonyl (C=O) groups is 1. The third-order valence-corrected chi connectivity index (χ3v) is 10.5. The van der Waals surface area contributed by atoms with E-state index in [1.54, 1.807) is 16.8 Å². The van der Waals surface area contributed by atoms with E-state index in [1.807, 2.05) is 4.90 Å². The van der Waals surface area contributed by atoms with Crippen molar-refractivity contribution in [3.8, 4) is 22.9 Å². The van der Waals surface area contributed by atoms with E-state index in [4.69, 9.17) is 10.5 Å². The molecule has 0 radical (unpaired) electrons. The molecule has 17 heteroatoms. The summed E-state index contributed by atoms with van der Waals surface area (Å²) in [5, 5.41) is -0.212. The number of anilines is 2. The largest absolute Gasteiger partial charge is 0.573 e. The molecular weight excluding hydrogens is 676 g/mol. The van der Waals surface area contributed by atoms with Gasteiger partial charge >= 0.3 is 12.4 Å². The molecule has 0 aliphatic carbocycles. The number of nitrogens with two attached hydrogens (primary N) is 1. The van der Waals surface area contributed by atoms with Crippen LogP contribution in [0.25, 0.3) is 32.2 Å². The van der Waals surface area contributed by atoms with Gasteiger partial charge in [0.25, 0.3) is 0 Å². The van der Waals surface area contributed by atoms with Gasteiger partial charge in [-0.2, -0.15) is 9.97 Å². The smallest absolute Gasteiger partial charge is 0.461 e. The molecule has 3 aliphatic rings. The minimum atomic E-state index is -5.25. The second-order valence-electron chi connectivity index (χ2n) is 12.6. The number of fused-ring (bicyclic) bond motifs is 3. The Kier molecular flexibility index (Phi) is 8.24. The zero-order valence-corrected chi connectivity index (χ0v) is 27.0. The van der Waals surface area contributed by atoms with Crippen molar-refractivity contribution in [2.45, 2.75) is 49.8 Å². The van der Waals surface area contributed by atoms with E-state index in [2.05, 4.69) is 26.3 Å². The first-order chi connectivity index (χ1) is 23.3. The van der Waals surface area contributed by atoms with Gasteiger partial charge in [-0.05, 0) is 50.1 Å². The van der Waals surface area contributed by atoms with Crippen LogP contribution in [0.3, 0.4) is 0 Å². The summed E-state index contributed by atoms with van der Waals surface area (Å²) in [5.41, 5.74) is 3.79. The minimum absolute atomic E-state index is 0.00749. The highest BCUT2D eigenvalue weighted by atomic mass is 32.1. The predicted molar refractivity (Wildman–Crippen MR) is 171 cm³/mol. The van der Waals surface area contributed by atoms with Crippen molar-refractivity contribution in [3.05, 3.63) is 42.5 Å². The summed E-state index contributed by atoms with van der Waals surface area (Å²) in [4.78, 5) is 30.5. The van der Waals surface area contributed by atoms with Gasteiger partial charge in [0, 0.05) is 50.1 Å². The minimum Gasteiger partial charge on any atom is -0.461 e. The normalized spacial score (nSPS) is 22.6. The van der Waals surface area contributed by atoms with Gasteiger partial charge < -0.3 is 25.0 Å². The van der Waals surface area contributed by atoms with Gasteiger partial charge in [-0.3, -0.25) is 9.69 Å². The van der Waals surface area contributed by atoms with E-state index >= 15 is 4.39 Å². The van der Waals surface area contributed by atoms with Gasteiger partial charge in [0.15, 0.2) is 10.9 Å². The Balaban J connectivity index is 1.40. The van der Waals surface area contributed by atoms with Crippen LogP contribution in [0.5, 0.6) is 11.8 Å². The highest BCUT2D eigenvalue weighted by Crippen LogP contribution is 2.46. The SMILES string of the molecule is C=CC(=O)N1CCC(N(C)c2nc(OCC34CCCN3CC(F)C4)nc3c(F)c(-c4ccc(F)c5sc(N)nc45)c(OC(F)(F)F)cc23)C1. The average molecular weight is 708 g/mol. The number of benzene rings is 2. The van der Waals surface area contributed by atoms with Crippen molar-refractivity contribution < 1.29 is 40.6 Å². The molecule has 3 saturated heterocycles. The van der Waals surface area contributed by atoms with Gasteiger partial charge in [0.2, 0.25) is 5.91 Å². The van der Waals surface area contributed by atoms with Crippen molar-refractivity contribution >= 4 is 49.3 Å². The molecule has 0 bridgehead atoms. The molecule has 5 heterocycles. The number of likely N-dealkylation sites (N-methyl/N-ethyl adjacent to an activating group) is 1. The van der Waals surface area contributed by atoms with Crippen LogP contribution in [0.2, 0.25) is 0 Å². The fourth-order valence-corrected chi connectivity index (χ4v) is 8.12. The number of halogens is 6. The molecule has 3 fully saturated rings. The number of likely N-dealkylation sites (tertiary alicyclic amines) is 1. The lowest BCUT2D eigenvalue weighted by atomic mass is 9.95.